The van der Waals surface area contributed by atoms with Crippen molar-refractivity contribution in [2.45, 2.75) is 141 Å². The van der Waals surface area contributed by atoms with Gasteiger partial charge in [0.25, 0.3) is 5.56 Å². The Morgan fingerprint density at radius 3 is 1.97 bits per heavy atom. The van der Waals surface area contributed by atoms with Gasteiger partial charge in [0.2, 0.25) is 0 Å². The van der Waals surface area contributed by atoms with Crippen molar-refractivity contribution >= 4 is 35.9 Å². The van der Waals surface area contributed by atoms with Crippen LogP contribution in [0.3, 0.4) is 0 Å². The molecule has 39 heavy (non-hydrogen) atoms. The van der Waals surface area contributed by atoms with Gasteiger partial charge in [0.05, 0.1) is 33.4 Å². The molecule has 3 heterocycles. The normalized spacial score (nSPS) is 24.1. The number of nitrogens with zero attached hydrogens (tertiary/aromatic N) is 3. The third-order valence-electron chi connectivity index (χ3n) is 10.4. The van der Waals surface area contributed by atoms with E-state index in [0.717, 1.165) is 0 Å². The Morgan fingerprint density at radius 2 is 1.46 bits per heavy atom. The molecule has 1 fully saturated rings. The minimum absolute atomic E-state index is 0.0461. The summed E-state index contributed by atoms with van der Waals surface area (Å²) in [5.74, 6) is 0. The molecule has 2 unspecified atom stereocenters. The molecule has 1 aliphatic heterocycles. The molecular weight excluding hydrogens is 541 g/mol. The van der Waals surface area contributed by atoms with E-state index < -0.39 is 24.7 Å². The number of aromatic amines is 1. The van der Waals surface area contributed by atoms with E-state index in [1.165, 1.54) is 6.33 Å². The number of ether oxygens (including phenoxy) is 1. The maximum Gasteiger partial charge on any atom is 0.278 e. The smallest absolute Gasteiger partial charge is 0.278 e. The summed E-state index contributed by atoms with van der Waals surface area (Å²) in [7, 11) is -6.31. The van der Waals surface area contributed by atoms with Crippen molar-refractivity contribution in [3.8, 4) is 0 Å². The van der Waals surface area contributed by atoms with Crippen LogP contribution in [0, 0.1) is 0 Å². The molecule has 0 saturated carbocycles. The topological polar surface area (TPSA) is 91.3 Å². The van der Waals surface area contributed by atoms with Crippen LogP contribution >= 0.6 is 0 Å². The molecule has 3 rings (SSSR count). The summed E-state index contributed by atoms with van der Waals surface area (Å²) in [6, 6.07) is 0. The van der Waals surface area contributed by atoms with Crippen LogP contribution in [-0.4, -0.2) is 63.0 Å². The van der Waals surface area contributed by atoms with Gasteiger partial charge in [0.15, 0.2) is 27.8 Å². The number of hydrogen-bond acceptors (Lipinski definition) is 6. The van der Waals surface area contributed by atoms with Gasteiger partial charge in [0, 0.05) is 5.54 Å². The molecule has 0 aromatic carbocycles. The Balaban J connectivity index is 2.20. The summed E-state index contributed by atoms with van der Waals surface area (Å²) in [4.78, 5) is 24.2. The van der Waals surface area contributed by atoms with E-state index >= 15 is 0 Å². The molecule has 0 radical (unpaired) electrons. The zero-order valence-electron chi connectivity index (χ0n) is 27.1. The number of aromatic nitrogens is 4. The van der Waals surface area contributed by atoms with E-state index in [-0.39, 0.29) is 44.7 Å². The molecule has 2 aromatic rings. The van der Waals surface area contributed by atoms with Crippen molar-refractivity contribution < 1.29 is 13.6 Å². The number of nitrogens with one attached hydrogen (secondary N) is 1. The second kappa shape index (κ2) is 10.3. The zero-order chi connectivity index (χ0) is 30.0. The number of hydrogen-bond donors (Lipinski definition) is 1. The molecule has 1 aliphatic rings. The van der Waals surface area contributed by atoms with Gasteiger partial charge in [0.1, 0.15) is 12.3 Å². The second-order valence-corrected chi connectivity index (χ2v) is 31.2. The summed E-state index contributed by atoms with van der Waals surface area (Å²) in [6.07, 6.45) is 2.43. The Morgan fingerprint density at radius 1 is 0.897 bits per heavy atom. The number of rotatable bonds is 7. The van der Waals surface area contributed by atoms with Crippen molar-refractivity contribution in [3.05, 3.63) is 23.0 Å². The molecule has 0 spiro atoms. The lowest BCUT2D eigenvalue weighted by atomic mass is 10.2. The summed E-state index contributed by atoms with van der Waals surface area (Å²) >= 11 is 0. The number of imidazole rings is 1. The quantitative estimate of drug-likeness (QED) is 0.338. The average Bonchev–Trinajstić information content (AvgIpc) is 3.32. The highest BCUT2D eigenvalue weighted by atomic mass is 28.4. The minimum Gasteiger partial charge on any atom is -0.414 e. The summed E-state index contributed by atoms with van der Waals surface area (Å²) in [5, 5.41) is 0.209. The van der Waals surface area contributed by atoms with E-state index in [1.807, 2.05) is 4.57 Å². The first-order chi connectivity index (χ1) is 17.4. The lowest BCUT2D eigenvalue weighted by molar-refractivity contribution is -0.0384. The predicted octanol–water partition coefficient (Wildman–Crippen LogP) is 7.31. The van der Waals surface area contributed by atoms with Gasteiger partial charge in [-0.15, -0.1) is 0 Å². The number of H-pyrrole nitrogens is 1. The van der Waals surface area contributed by atoms with Crippen molar-refractivity contribution in [1.29, 1.82) is 0 Å². The fourth-order valence-corrected chi connectivity index (χ4v) is 10.1. The first kappa shape index (κ1) is 32.4. The standard InChI is InChI=1S/C28H54N4O4Si3/c1-26(2,3)37(10,11)22-21(36-39(14,15)28(7,8)9)19(16-34-38(12,13)27(4,5)6)35-25(22)32-18-31-20-23(32)29-17-30-24(20)33/h17-19,21-22,25H,16H2,1-15H3,(H,29,30,33)/t19-,21?,22?,25-/m1/s1. The average molecular weight is 595 g/mol. The highest BCUT2D eigenvalue weighted by Gasteiger charge is 2.59. The van der Waals surface area contributed by atoms with Crippen LogP contribution in [0.2, 0.25) is 59.9 Å². The van der Waals surface area contributed by atoms with Crippen molar-refractivity contribution in [3.63, 3.8) is 0 Å². The van der Waals surface area contributed by atoms with Crippen molar-refractivity contribution in [2.24, 2.45) is 0 Å². The lowest BCUT2D eigenvalue weighted by Crippen LogP contribution is -2.54. The Kier molecular flexibility index (Phi) is 8.56. The van der Waals surface area contributed by atoms with E-state index in [4.69, 9.17) is 13.6 Å². The molecule has 4 atom stereocenters. The predicted molar refractivity (Wildman–Crippen MR) is 168 cm³/mol. The first-order valence-electron chi connectivity index (χ1n) is 14.3. The minimum atomic E-state index is -2.18. The van der Waals surface area contributed by atoms with Gasteiger partial charge in [-0.25, -0.2) is 9.97 Å². The summed E-state index contributed by atoms with van der Waals surface area (Å²) in [5.41, 5.74) is 0.730. The first-order valence-corrected chi connectivity index (χ1v) is 23.2. The molecule has 0 amide bonds. The zero-order valence-corrected chi connectivity index (χ0v) is 30.1. The molecule has 2 aromatic heterocycles. The maximum absolute atomic E-state index is 12.5. The Labute approximate surface area is 238 Å². The van der Waals surface area contributed by atoms with Gasteiger partial charge in [-0.1, -0.05) is 75.4 Å². The van der Waals surface area contributed by atoms with Crippen LogP contribution in [0.25, 0.3) is 11.2 Å². The van der Waals surface area contributed by atoms with Crippen molar-refractivity contribution in [1.82, 2.24) is 19.5 Å². The third-order valence-corrected chi connectivity index (χ3v) is 25.5. The summed E-state index contributed by atoms with van der Waals surface area (Å²) in [6.45, 7) is 35.3. The van der Waals surface area contributed by atoms with E-state index in [0.29, 0.717) is 17.8 Å². The SMILES string of the molecule is CC(C)(C)[Si](C)(C)OC[C@H]1O[C@@H](n2cnc3c(=O)[nH]cnc32)C([Si](C)(C)C(C)(C)C)C1O[Si](C)(C)C(C)(C)C. The van der Waals surface area contributed by atoms with Crippen molar-refractivity contribution in [2.75, 3.05) is 6.61 Å². The maximum atomic E-state index is 12.5. The summed E-state index contributed by atoms with van der Waals surface area (Å²) < 4.78 is 23.1. The Bertz CT molecular complexity index is 1220. The molecule has 8 nitrogen and oxygen atoms in total. The third kappa shape index (κ3) is 6.08. The van der Waals surface area contributed by atoms with Gasteiger partial charge in [-0.3, -0.25) is 9.36 Å². The molecular formula is C28H54N4O4Si3. The van der Waals surface area contributed by atoms with Crippen LogP contribution in [0.1, 0.15) is 68.5 Å². The van der Waals surface area contributed by atoms with Gasteiger partial charge < -0.3 is 18.6 Å². The highest BCUT2D eigenvalue weighted by molar-refractivity contribution is 6.82. The second-order valence-electron chi connectivity index (χ2n) is 16.0. The fraction of sp³-hybridized carbons (Fsp3) is 0.821. The van der Waals surface area contributed by atoms with Gasteiger partial charge >= 0.3 is 0 Å². The van der Waals surface area contributed by atoms with E-state index in [2.05, 4.69) is 117 Å². The molecule has 0 bridgehead atoms. The fourth-order valence-electron chi connectivity index (χ4n) is 4.60. The van der Waals surface area contributed by atoms with Crippen LogP contribution in [0.4, 0.5) is 0 Å². The van der Waals surface area contributed by atoms with Gasteiger partial charge in [-0.05, 0) is 41.3 Å². The largest absolute Gasteiger partial charge is 0.414 e. The lowest BCUT2D eigenvalue weighted by Gasteiger charge is -2.48. The molecule has 222 valence electrons. The molecule has 11 heteroatoms. The van der Waals surface area contributed by atoms with Crippen LogP contribution in [-0.2, 0) is 13.6 Å². The van der Waals surface area contributed by atoms with E-state index in [1.54, 1.807) is 6.33 Å². The van der Waals surface area contributed by atoms with Crippen LogP contribution in [0.15, 0.2) is 17.4 Å². The highest BCUT2D eigenvalue weighted by Crippen LogP contribution is 2.56. The van der Waals surface area contributed by atoms with E-state index in [9.17, 15) is 4.79 Å². The number of fused-ring (bicyclic) bond motifs is 1. The van der Waals surface area contributed by atoms with Crippen LogP contribution < -0.4 is 5.56 Å². The Hall–Kier alpha value is -1.12. The monoisotopic (exact) mass is 594 g/mol. The molecule has 0 aliphatic carbocycles. The molecule has 1 saturated heterocycles. The van der Waals surface area contributed by atoms with Crippen LogP contribution in [0.5, 0.6) is 0 Å². The molecule has 1 N–H and O–H groups in total. The van der Waals surface area contributed by atoms with Gasteiger partial charge in [-0.2, -0.15) is 0 Å².